The van der Waals surface area contributed by atoms with E-state index in [2.05, 4.69) is 17.2 Å². The number of oxazole rings is 1. The first-order chi connectivity index (χ1) is 9.24. The molecule has 5 heteroatoms. The summed E-state index contributed by atoms with van der Waals surface area (Å²) in [6.45, 7) is 4.32. The number of carbonyl (C=O) groups is 1. The highest BCUT2D eigenvalue weighted by molar-refractivity contribution is 5.87. The minimum absolute atomic E-state index is 0.230. The lowest BCUT2D eigenvalue weighted by Crippen LogP contribution is -2.31. The Morgan fingerprint density at radius 3 is 3.00 bits per heavy atom. The highest BCUT2D eigenvalue weighted by Gasteiger charge is 2.25. The minimum Gasteiger partial charge on any atom is -0.461 e. The number of nitrogens with zero attached hydrogens (tertiary/aromatic N) is 1. The van der Waals surface area contributed by atoms with E-state index in [1.165, 1.54) is 25.5 Å². The van der Waals surface area contributed by atoms with Crippen LogP contribution in [0.2, 0.25) is 0 Å². The maximum Gasteiger partial charge on any atom is 0.360 e. The average Bonchev–Trinajstić information content (AvgIpc) is 2.88. The topological polar surface area (TPSA) is 64.4 Å². The SMILES string of the molecule is CCOC(=O)c1coc(NC2CCCCC2CC)n1. The molecule has 0 aromatic carbocycles. The van der Waals surface area contributed by atoms with Gasteiger partial charge in [0.1, 0.15) is 6.26 Å². The molecule has 2 unspecified atom stereocenters. The molecule has 1 aromatic heterocycles. The molecule has 1 heterocycles. The Morgan fingerprint density at radius 1 is 1.47 bits per heavy atom. The van der Waals surface area contributed by atoms with E-state index < -0.39 is 5.97 Å². The second-order valence-corrected chi connectivity index (χ2v) is 4.96. The zero-order valence-corrected chi connectivity index (χ0v) is 11.6. The molecule has 1 aliphatic carbocycles. The number of anilines is 1. The Balaban J connectivity index is 1.97. The molecule has 0 saturated heterocycles. The van der Waals surface area contributed by atoms with Crippen LogP contribution in [0.1, 0.15) is 56.4 Å². The molecule has 106 valence electrons. The molecule has 0 spiro atoms. The van der Waals surface area contributed by atoms with Crippen molar-refractivity contribution in [1.29, 1.82) is 0 Å². The molecular weight excluding hydrogens is 244 g/mol. The van der Waals surface area contributed by atoms with Crippen molar-refractivity contribution in [3.63, 3.8) is 0 Å². The average molecular weight is 266 g/mol. The van der Waals surface area contributed by atoms with Gasteiger partial charge in [-0.2, -0.15) is 4.98 Å². The first-order valence-corrected chi connectivity index (χ1v) is 7.13. The fraction of sp³-hybridized carbons (Fsp3) is 0.714. The summed E-state index contributed by atoms with van der Waals surface area (Å²) in [5.41, 5.74) is 0.230. The van der Waals surface area contributed by atoms with Crippen LogP contribution >= 0.6 is 0 Å². The second-order valence-electron chi connectivity index (χ2n) is 4.96. The van der Waals surface area contributed by atoms with Gasteiger partial charge in [-0.15, -0.1) is 0 Å². The zero-order chi connectivity index (χ0) is 13.7. The van der Waals surface area contributed by atoms with Crippen LogP contribution in [0.5, 0.6) is 0 Å². The highest BCUT2D eigenvalue weighted by Crippen LogP contribution is 2.29. The third-order valence-corrected chi connectivity index (χ3v) is 3.73. The summed E-state index contributed by atoms with van der Waals surface area (Å²) in [5, 5.41) is 3.31. The van der Waals surface area contributed by atoms with Crippen molar-refractivity contribution in [3.8, 4) is 0 Å². The van der Waals surface area contributed by atoms with Gasteiger partial charge >= 0.3 is 5.97 Å². The molecule has 2 rings (SSSR count). The second kappa shape index (κ2) is 6.59. The number of carbonyl (C=O) groups excluding carboxylic acids is 1. The van der Waals surface area contributed by atoms with Gasteiger partial charge < -0.3 is 14.5 Å². The van der Waals surface area contributed by atoms with Crippen LogP contribution in [0, 0.1) is 5.92 Å². The molecule has 0 bridgehead atoms. The van der Waals surface area contributed by atoms with Gasteiger partial charge in [0.2, 0.25) is 0 Å². The smallest absolute Gasteiger partial charge is 0.360 e. The molecule has 19 heavy (non-hydrogen) atoms. The molecule has 1 fully saturated rings. The maximum absolute atomic E-state index is 11.5. The third-order valence-electron chi connectivity index (χ3n) is 3.73. The number of rotatable bonds is 5. The summed E-state index contributed by atoms with van der Waals surface area (Å²) in [4.78, 5) is 15.6. The summed E-state index contributed by atoms with van der Waals surface area (Å²) in [5.74, 6) is 0.224. The van der Waals surface area contributed by atoms with E-state index in [-0.39, 0.29) is 5.69 Å². The van der Waals surface area contributed by atoms with Gasteiger partial charge in [0, 0.05) is 6.04 Å². The maximum atomic E-state index is 11.5. The summed E-state index contributed by atoms with van der Waals surface area (Å²) in [6, 6.07) is 0.820. The molecule has 0 aliphatic heterocycles. The number of nitrogens with one attached hydrogen (secondary N) is 1. The van der Waals surface area contributed by atoms with Gasteiger partial charge in [-0.3, -0.25) is 0 Å². The van der Waals surface area contributed by atoms with Crippen molar-refractivity contribution in [2.24, 2.45) is 5.92 Å². The third kappa shape index (κ3) is 3.49. The van der Waals surface area contributed by atoms with Crippen molar-refractivity contribution < 1.29 is 13.9 Å². The van der Waals surface area contributed by atoms with Crippen molar-refractivity contribution in [3.05, 3.63) is 12.0 Å². The van der Waals surface area contributed by atoms with Crippen molar-refractivity contribution >= 4 is 12.0 Å². The number of hydrogen-bond acceptors (Lipinski definition) is 5. The van der Waals surface area contributed by atoms with E-state index >= 15 is 0 Å². The van der Waals surface area contributed by atoms with Gasteiger partial charge in [-0.1, -0.05) is 26.2 Å². The first-order valence-electron chi connectivity index (χ1n) is 7.13. The Bertz CT molecular complexity index is 417. The van der Waals surface area contributed by atoms with Crippen molar-refractivity contribution in [2.45, 2.75) is 52.0 Å². The van der Waals surface area contributed by atoms with Crippen LogP contribution in [-0.2, 0) is 4.74 Å². The van der Waals surface area contributed by atoms with Gasteiger partial charge in [-0.05, 0) is 25.7 Å². The lowest BCUT2D eigenvalue weighted by Gasteiger charge is -2.30. The summed E-state index contributed by atoms with van der Waals surface area (Å²) in [7, 11) is 0. The van der Waals surface area contributed by atoms with Crippen LogP contribution in [0.3, 0.4) is 0 Å². The summed E-state index contributed by atoms with van der Waals surface area (Å²) < 4.78 is 10.2. The van der Waals surface area contributed by atoms with E-state index in [0.29, 0.717) is 24.6 Å². The predicted molar refractivity (Wildman–Crippen MR) is 72.1 cm³/mol. The van der Waals surface area contributed by atoms with E-state index in [1.807, 2.05) is 0 Å². The van der Waals surface area contributed by atoms with E-state index in [9.17, 15) is 4.79 Å². The molecule has 0 radical (unpaired) electrons. The molecule has 1 saturated carbocycles. The Morgan fingerprint density at radius 2 is 2.26 bits per heavy atom. The van der Waals surface area contributed by atoms with Crippen LogP contribution in [0.15, 0.2) is 10.7 Å². The van der Waals surface area contributed by atoms with Crippen LogP contribution in [0.4, 0.5) is 6.01 Å². The fourth-order valence-electron chi connectivity index (χ4n) is 2.68. The number of esters is 1. The lowest BCUT2D eigenvalue weighted by atomic mass is 9.83. The van der Waals surface area contributed by atoms with Crippen molar-refractivity contribution in [1.82, 2.24) is 4.98 Å². The van der Waals surface area contributed by atoms with E-state index in [0.717, 1.165) is 12.8 Å². The molecule has 1 aliphatic rings. The summed E-state index contributed by atoms with van der Waals surface area (Å²) >= 11 is 0. The van der Waals surface area contributed by atoms with Crippen molar-refractivity contribution in [2.75, 3.05) is 11.9 Å². The molecule has 5 nitrogen and oxygen atoms in total. The Kier molecular flexibility index (Phi) is 4.82. The Hall–Kier alpha value is -1.52. The number of ether oxygens (including phenoxy) is 1. The number of aromatic nitrogens is 1. The predicted octanol–water partition coefficient (Wildman–Crippen LogP) is 3.23. The molecule has 2 atom stereocenters. The standard InChI is InChI=1S/C14H22N2O3/c1-3-10-7-5-6-8-11(10)15-14-16-12(9-19-14)13(17)18-4-2/h9-11H,3-8H2,1-2H3,(H,15,16). The van der Waals surface area contributed by atoms with Gasteiger partial charge in [-0.25, -0.2) is 4.79 Å². The zero-order valence-electron chi connectivity index (χ0n) is 11.6. The van der Waals surface area contributed by atoms with Crippen LogP contribution < -0.4 is 5.32 Å². The van der Waals surface area contributed by atoms with Gasteiger partial charge in [0.05, 0.1) is 6.61 Å². The quantitative estimate of drug-likeness (QED) is 0.829. The fourth-order valence-corrected chi connectivity index (χ4v) is 2.68. The summed E-state index contributed by atoms with van der Waals surface area (Å²) in [6.07, 6.45) is 7.43. The lowest BCUT2D eigenvalue weighted by molar-refractivity contribution is 0.0519. The number of hydrogen-bond donors (Lipinski definition) is 1. The minimum atomic E-state index is -0.435. The van der Waals surface area contributed by atoms with Crippen LogP contribution in [-0.4, -0.2) is 23.6 Å². The normalized spacial score (nSPS) is 23.1. The Labute approximate surface area is 113 Å². The largest absolute Gasteiger partial charge is 0.461 e. The molecule has 1 N–H and O–H groups in total. The van der Waals surface area contributed by atoms with Crippen LogP contribution in [0.25, 0.3) is 0 Å². The van der Waals surface area contributed by atoms with Gasteiger partial charge in [0.25, 0.3) is 6.01 Å². The highest BCUT2D eigenvalue weighted by atomic mass is 16.5. The molecule has 1 aromatic rings. The van der Waals surface area contributed by atoms with Gasteiger partial charge in [0.15, 0.2) is 5.69 Å². The van der Waals surface area contributed by atoms with E-state index in [4.69, 9.17) is 9.15 Å². The van der Waals surface area contributed by atoms with E-state index in [1.54, 1.807) is 6.92 Å². The monoisotopic (exact) mass is 266 g/mol. The molecular formula is C14H22N2O3. The molecule has 0 amide bonds. The first kappa shape index (κ1) is 13.9.